The lowest BCUT2D eigenvalue weighted by molar-refractivity contribution is 0.0531. The Balaban J connectivity index is 0. The van der Waals surface area contributed by atoms with Gasteiger partial charge in [0.2, 0.25) is 0 Å². The second kappa shape index (κ2) is 11.7. The van der Waals surface area contributed by atoms with E-state index in [0.29, 0.717) is 0 Å². The Morgan fingerprint density at radius 2 is 1.50 bits per heavy atom. The van der Waals surface area contributed by atoms with Gasteiger partial charge < -0.3 is 9.47 Å². The van der Waals surface area contributed by atoms with Crippen molar-refractivity contribution < 1.29 is 9.47 Å². The van der Waals surface area contributed by atoms with Crippen LogP contribution in [0.15, 0.2) is 0 Å². The normalized spacial score (nSPS) is 9.00. The summed E-state index contributed by atoms with van der Waals surface area (Å²) in [5, 5.41) is 0. The monoisotopic (exact) mass is 148 g/mol. The average molecular weight is 148 g/mol. The Kier molecular flexibility index (Phi) is 14.7. The quantitative estimate of drug-likeness (QED) is 0.537. The molecule has 0 atom stereocenters. The van der Waals surface area contributed by atoms with E-state index in [-0.39, 0.29) is 7.43 Å². The Bertz CT molecular complexity index is 40.5. The highest BCUT2D eigenvalue weighted by molar-refractivity contribution is 4.28. The molecule has 64 valence electrons. The minimum absolute atomic E-state index is 0. The Morgan fingerprint density at radius 3 is 2.00 bits per heavy atom. The van der Waals surface area contributed by atoms with E-state index >= 15 is 0 Å². The van der Waals surface area contributed by atoms with Gasteiger partial charge in [-0.3, -0.25) is 0 Å². The van der Waals surface area contributed by atoms with Crippen molar-refractivity contribution in [1.29, 1.82) is 0 Å². The predicted octanol–water partition coefficient (Wildman–Crippen LogP) is 2.09. The molecule has 0 N–H and O–H groups in total. The fourth-order valence-electron chi connectivity index (χ4n) is 0.509. The fraction of sp³-hybridized carbons (Fsp3) is 1.00. The summed E-state index contributed by atoms with van der Waals surface area (Å²) in [7, 11) is 0. The van der Waals surface area contributed by atoms with E-state index in [1.807, 2.05) is 6.92 Å². The van der Waals surface area contributed by atoms with Gasteiger partial charge in [0.1, 0.15) is 0 Å². The first-order valence-corrected chi connectivity index (χ1v) is 3.57. The van der Waals surface area contributed by atoms with Crippen molar-refractivity contribution in [3.63, 3.8) is 0 Å². The standard InChI is InChI=1S/C7H16O2.CH4/c1-3-5-9-7-6-8-4-2;/h3-7H2,1-2H3;1H4. The molecule has 0 unspecified atom stereocenters. The molecule has 0 amide bonds. The number of hydrogen-bond acceptors (Lipinski definition) is 2. The van der Waals surface area contributed by atoms with Gasteiger partial charge in [-0.2, -0.15) is 0 Å². The van der Waals surface area contributed by atoms with Crippen LogP contribution in [0.1, 0.15) is 27.7 Å². The lowest BCUT2D eigenvalue weighted by Gasteiger charge is -2.00. The van der Waals surface area contributed by atoms with Gasteiger partial charge in [0.15, 0.2) is 0 Å². The van der Waals surface area contributed by atoms with Crippen LogP contribution >= 0.6 is 0 Å². The van der Waals surface area contributed by atoms with Gasteiger partial charge in [-0.05, 0) is 13.3 Å². The summed E-state index contributed by atoms with van der Waals surface area (Å²) in [4.78, 5) is 0. The first kappa shape index (κ1) is 12.6. The SMILES string of the molecule is C.CCCOCCOCC. The molecule has 0 aliphatic rings. The zero-order valence-electron chi connectivity index (χ0n) is 6.35. The zero-order chi connectivity index (χ0) is 6.95. The smallest absolute Gasteiger partial charge is 0.0700 e. The first-order valence-electron chi connectivity index (χ1n) is 3.57. The number of rotatable bonds is 6. The zero-order valence-corrected chi connectivity index (χ0v) is 6.35. The molecule has 0 aliphatic carbocycles. The summed E-state index contributed by atoms with van der Waals surface area (Å²) >= 11 is 0. The van der Waals surface area contributed by atoms with Gasteiger partial charge in [-0.15, -0.1) is 0 Å². The molecule has 10 heavy (non-hydrogen) atoms. The highest BCUT2D eigenvalue weighted by atomic mass is 16.5. The molecule has 0 spiro atoms. The molecular formula is C8H20O2. The molecule has 0 saturated heterocycles. The summed E-state index contributed by atoms with van der Waals surface area (Å²) < 4.78 is 10.2. The van der Waals surface area contributed by atoms with Crippen LogP contribution in [-0.2, 0) is 9.47 Å². The highest BCUT2D eigenvalue weighted by Crippen LogP contribution is 1.80. The fourth-order valence-corrected chi connectivity index (χ4v) is 0.509. The van der Waals surface area contributed by atoms with Crippen molar-refractivity contribution in [2.75, 3.05) is 26.4 Å². The van der Waals surface area contributed by atoms with Crippen LogP contribution in [0.5, 0.6) is 0 Å². The Labute approximate surface area is 64.5 Å². The predicted molar refractivity (Wildman–Crippen MR) is 44.3 cm³/mol. The molecular weight excluding hydrogens is 128 g/mol. The van der Waals surface area contributed by atoms with Crippen LogP contribution in [-0.4, -0.2) is 26.4 Å². The van der Waals surface area contributed by atoms with Crippen LogP contribution in [0, 0.1) is 0 Å². The van der Waals surface area contributed by atoms with E-state index in [1.165, 1.54) is 0 Å². The van der Waals surface area contributed by atoms with Crippen molar-refractivity contribution in [3.05, 3.63) is 0 Å². The van der Waals surface area contributed by atoms with Gasteiger partial charge in [-0.1, -0.05) is 14.4 Å². The largest absolute Gasteiger partial charge is 0.379 e. The van der Waals surface area contributed by atoms with E-state index in [4.69, 9.17) is 9.47 Å². The second-order valence-corrected chi connectivity index (χ2v) is 1.81. The van der Waals surface area contributed by atoms with Crippen molar-refractivity contribution in [2.24, 2.45) is 0 Å². The number of hydrogen-bond donors (Lipinski definition) is 0. The van der Waals surface area contributed by atoms with Gasteiger partial charge in [0.25, 0.3) is 0 Å². The lowest BCUT2D eigenvalue weighted by atomic mass is 10.5. The maximum Gasteiger partial charge on any atom is 0.0700 e. The Hall–Kier alpha value is -0.0800. The third-order valence-electron chi connectivity index (χ3n) is 0.925. The molecule has 0 rings (SSSR count). The van der Waals surface area contributed by atoms with Gasteiger partial charge >= 0.3 is 0 Å². The average Bonchev–Trinajstić information content (AvgIpc) is 1.89. The summed E-state index contributed by atoms with van der Waals surface area (Å²) in [6.07, 6.45) is 1.09. The van der Waals surface area contributed by atoms with E-state index in [0.717, 1.165) is 32.8 Å². The summed E-state index contributed by atoms with van der Waals surface area (Å²) in [5.74, 6) is 0. The van der Waals surface area contributed by atoms with E-state index in [1.54, 1.807) is 0 Å². The highest BCUT2D eigenvalue weighted by Gasteiger charge is 1.83. The van der Waals surface area contributed by atoms with Gasteiger partial charge in [0, 0.05) is 13.2 Å². The minimum Gasteiger partial charge on any atom is -0.379 e. The summed E-state index contributed by atoms with van der Waals surface area (Å²) in [6, 6.07) is 0. The summed E-state index contributed by atoms with van der Waals surface area (Å²) in [5.41, 5.74) is 0. The molecule has 2 heteroatoms. The maximum atomic E-state index is 5.16. The molecule has 0 aliphatic heterocycles. The maximum absolute atomic E-state index is 5.16. The van der Waals surface area contributed by atoms with Crippen molar-refractivity contribution in [2.45, 2.75) is 27.7 Å². The molecule has 2 nitrogen and oxygen atoms in total. The lowest BCUT2D eigenvalue weighted by Crippen LogP contribution is -2.03. The molecule has 0 bridgehead atoms. The molecule has 0 aromatic carbocycles. The Morgan fingerprint density at radius 1 is 0.900 bits per heavy atom. The second-order valence-electron chi connectivity index (χ2n) is 1.81. The van der Waals surface area contributed by atoms with Crippen molar-refractivity contribution >= 4 is 0 Å². The van der Waals surface area contributed by atoms with Crippen molar-refractivity contribution in [1.82, 2.24) is 0 Å². The van der Waals surface area contributed by atoms with Gasteiger partial charge in [0.05, 0.1) is 13.2 Å². The summed E-state index contributed by atoms with van der Waals surface area (Å²) in [6.45, 7) is 7.20. The van der Waals surface area contributed by atoms with Crippen LogP contribution in [0.2, 0.25) is 0 Å². The minimum atomic E-state index is 0. The third kappa shape index (κ3) is 10.8. The van der Waals surface area contributed by atoms with E-state index < -0.39 is 0 Å². The number of ether oxygens (including phenoxy) is 2. The van der Waals surface area contributed by atoms with Crippen LogP contribution in [0.3, 0.4) is 0 Å². The molecule has 0 saturated carbocycles. The third-order valence-corrected chi connectivity index (χ3v) is 0.925. The van der Waals surface area contributed by atoms with Gasteiger partial charge in [-0.25, -0.2) is 0 Å². The molecule has 0 heterocycles. The van der Waals surface area contributed by atoms with E-state index in [2.05, 4.69) is 6.92 Å². The molecule has 0 fully saturated rings. The van der Waals surface area contributed by atoms with Crippen LogP contribution in [0.25, 0.3) is 0 Å². The molecule has 0 radical (unpaired) electrons. The van der Waals surface area contributed by atoms with Crippen LogP contribution in [0.4, 0.5) is 0 Å². The topological polar surface area (TPSA) is 18.5 Å². The van der Waals surface area contributed by atoms with Crippen molar-refractivity contribution in [3.8, 4) is 0 Å². The molecule has 0 aromatic rings. The first-order chi connectivity index (χ1) is 4.41. The van der Waals surface area contributed by atoms with Crippen LogP contribution < -0.4 is 0 Å². The molecule has 0 aromatic heterocycles. The van der Waals surface area contributed by atoms with E-state index in [9.17, 15) is 0 Å².